The first-order chi connectivity index (χ1) is 6.23. The van der Waals surface area contributed by atoms with Crippen LogP contribution in [-0.2, 0) is 4.79 Å². The SMILES string of the molecule is CC(CC(=O)NNC(N)=O)C(C)(C)C. The van der Waals surface area contributed by atoms with Crippen LogP contribution in [0.5, 0.6) is 0 Å². The zero-order valence-electron chi connectivity index (χ0n) is 9.18. The summed E-state index contributed by atoms with van der Waals surface area (Å²) in [5, 5.41) is 0. The fourth-order valence-electron chi connectivity index (χ4n) is 0.767. The van der Waals surface area contributed by atoms with Crippen LogP contribution in [0.2, 0.25) is 0 Å². The van der Waals surface area contributed by atoms with Crippen LogP contribution in [0.1, 0.15) is 34.1 Å². The summed E-state index contributed by atoms with van der Waals surface area (Å²) in [6, 6.07) is -0.762. The minimum Gasteiger partial charge on any atom is -0.350 e. The van der Waals surface area contributed by atoms with E-state index in [1.807, 2.05) is 12.3 Å². The first-order valence-corrected chi connectivity index (χ1v) is 4.57. The summed E-state index contributed by atoms with van der Waals surface area (Å²) >= 11 is 0. The number of hydrogen-bond donors (Lipinski definition) is 3. The van der Waals surface area contributed by atoms with Crippen molar-refractivity contribution in [3.63, 3.8) is 0 Å². The Hall–Kier alpha value is -1.26. The average Bonchev–Trinajstić information content (AvgIpc) is 1.99. The standard InChI is InChI=1S/C9H19N3O2/c1-6(9(2,3)4)5-7(13)11-12-8(10)14/h6H,5H2,1-4H3,(H,11,13)(H3,10,12,14). The van der Waals surface area contributed by atoms with Crippen LogP contribution in [0.4, 0.5) is 4.79 Å². The highest BCUT2D eigenvalue weighted by atomic mass is 16.2. The number of hydrazine groups is 1. The van der Waals surface area contributed by atoms with E-state index in [2.05, 4.69) is 26.2 Å². The maximum Gasteiger partial charge on any atom is 0.330 e. The molecule has 14 heavy (non-hydrogen) atoms. The van der Waals surface area contributed by atoms with Gasteiger partial charge in [-0.05, 0) is 11.3 Å². The van der Waals surface area contributed by atoms with Gasteiger partial charge in [-0.3, -0.25) is 10.2 Å². The van der Waals surface area contributed by atoms with Crippen molar-refractivity contribution in [2.24, 2.45) is 17.1 Å². The quantitative estimate of drug-likeness (QED) is 0.576. The number of primary amides is 1. The Balaban J connectivity index is 3.89. The zero-order valence-corrected chi connectivity index (χ0v) is 9.18. The van der Waals surface area contributed by atoms with Crippen molar-refractivity contribution < 1.29 is 9.59 Å². The van der Waals surface area contributed by atoms with E-state index in [0.717, 1.165) is 0 Å². The van der Waals surface area contributed by atoms with Crippen LogP contribution in [0.25, 0.3) is 0 Å². The molecule has 0 aromatic heterocycles. The van der Waals surface area contributed by atoms with Gasteiger partial charge < -0.3 is 5.73 Å². The molecule has 0 rings (SSSR count). The van der Waals surface area contributed by atoms with Crippen LogP contribution in [-0.4, -0.2) is 11.9 Å². The smallest absolute Gasteiger partial charge is 0.330 e. The fraction of sp³-hybridized carbons (Fsp3) is 0.778. The summed E-state index contributed by atoms with van der Waals surface area (Å²) in [6.45, 7) is 8.18. The van der Waals surface area contributed by atoms with Crippen molar-refractivity contribution in [3.05, 3.63) is 0 Å². The van der Waals surface area contributed by atoms with Crippen molar-refractivity contribution in [2.45, 2.75) is 34.1 Å². The van der Waals surface area contributed by atoms with Crippen LogP contribution >= 0.6 is 0 Å². The molecule has 0 saturated carbocycles. The predicted octanol–water partition coefficient (Wildman–Crippen LogP) is 0.758. The topological polar surface area (TPSA) is 84.2 Å². The Morgan fingerprint density at radius 2 is 1.79 bits per heavy atom. The van der Waals surface area contributed by atoms with Gasteiger partial charge in [0.15, 0.2) is 0 Å². The molecule has 0 aromatic carbocycles. The summed E-state index contributed by atoms with van der Waals surface area (Å²) in [5.41, 5.74) is 9.13. The fourth-order valence-corrected chi connectivity index (χ4v) is 0.767. The maximum atomic E-state index is 11.2. The van der Waals surface area contributed by atoms with Gasteiger partial charge in [-0.1, -0.05) is 27.7 Å². The van der Waals surface area contributed by atoms with Crippen molar-refractivity contribution in [2.75, 3.05) is 0 Å². The molecule has 3 amide bonds. The molecule has 1 unspecified atom stereocenters. The number of carbonyl (C=O) groups excluding carboxylic acids is 2. The lowest BCUT2D eigenvalue weighted by atomic mass is 9.80. The molecule has 0 aliphatic carbocycles. The van der Waals surface area contributed by atoms with E-state index in [9.17, 15) is 9.59 Å². The largest absolute Gasteiger partial charge is 0.350 e. The monoisotopic (exact) mass is 201 g/mol. The molecule has 5 nitrogen and oxygen atoms in total. The Morgan fingerprint density at radius 3 is 2.14 bits per heavy atom. The molecule has 0 saturated heterocycles. The molecule has 0 aromatic rings. The van der Waals surface area contributed by atoms with E-state index in [1.54, 1.807) is 0 Å². The van der Waals surface area contributed by atoms with Crippen LogP contribution in [0.3, 0.4) is 0 Å². The minimum absolute atomic E-state index is 0.0735. The van der Waals surface area contributed by atoms with E-state index in [0.29, 0.717) is 6.42 Å². The Kier molecular flexibility index (Phi) is 4.40. The van der Waals surface area contributed by atoms with Gasteiger partial charge in [-0.15, -0.1) is 0 Å². The Morgan fingerprint density at radius 1 is 1.29 bits per heavy atom. The highest BCUT2D eigenvalue weighted by Gasteiger charge is 2.22. The molecule has 82 valence electrons. The van der Waals surface area contributed by atoms with Crippen molar-refractivity contribution in [1.82, 2.24) is 10.9 Å². The van der Waals surface area contributed by atoms with Gasteiger partial charge in [0.05, 0.1) is 0 Å². The molecular weight excluding hydrogens is 182 g/mol. The third kappa shape index (κ3) is 5.40. The minimum atomic E-state index is -0.762. The van der Waals surface area contributed by atoms with Crippen LogP contribution in [0.15, 0.2) is 0 Å². The van der Waals surface area contributed by atoms with Gasteiger partial charge in [0.2, 0.25) is 5.91 Å². The number of rotatable bonds is 2. The molecule has 0 spiro atoms. The summed E-state index contributed by atoms with van der Waals surface area (Å²) in [5.74, 6) is 0.00315. The van der Waals surface area contributed by atoms with Gasteiger partial charge in [0.25, 0.3) is 0 Å². The van der Waals surface area contributed by atoms with Crippen LogP contribution in [0, 0.1) is 11.3 Å². The number of hydrogen-bond acceptors (Lipinski definition) is 2. The molecule has 0 radical (unpaired) electrons. The zero-order chi connectivity index (χ0) is 11.4. The molecule has 1 atom stereocenters. The lowest BCUT2D eigenvalue weighted by Crippen LogP contribution is -2.45. The highest BCUT2D eigenvalue weighted by Crippen LogP contribution is 2.27. The number of urea groups is 1. The second kappa shape index (κ2) is 4.83. The van der Waals surface area contributed by atoms with Gasteiger partial charge >= 0.3 is 6.03 Å². The second-order valence-corrected chi connectivity index (χ2v) is 4.51. The van der Waals surface area contributed by atoms with E-state index in [4.69, 9.17) is 5.73 Å². The first kappa shape index (κ1) is 12.7. The van der Waals surface area contributed by atoms with Crippen molar-refractivity contribution in [1.29, 1.82) is 0 Å². The van der Waals surface area contributed by atoms with Crippen molar-refractivity contribution >= 4 is 11.9 Å². The van der Waals surface area contributed by atoms with Gasteiger partial charge in [-0.2, -0.15) is 0 Å². The summed E-state index contributed by atoms with van der Waals surface area (Å²) in [4.78, 5) is 21.5. The first-order valence-electron chi connectivity index (χ1n) is 4.57. The van der Waals surface area contributed by atoms with Gasteiger partial charge in [0.1, 0.15) is 0 Å². The van der Waals surface area contributed by atoms with E-state index in [-0.39, 0.29) is 17.2 Å². The lowest BCUT2D eigenvalue weighted by molar-refractivity contribution is -0.123. The molecule has 0 heterocycles. The molecule has 0 fully saturated rings. The Labute approximate surface area is 84.4 Å². The summed E-state index contributed by atoms with van der Waals surface area (Å²) in [6.07, 6.45) is 0.365. The average molecular weight is 201 g/mol. The molecule has 0 aliphatic heterocycles. The van der Waals surface area contributed by atoms with E-state index in [1.165, 1.54) is 0 Å². The summed E-state index contributed by atoms with van der Waals surface area (Å²) in [7, 11) is 0. The highest BCUT2D eigenvalue weighted by molar-refractivity contribution is 5.80. The van der Waals surface area contributed by atoms with E-state index >= 15 is 0 Å². The normalized spacial score (nSPS) is 13.1. The van der Waals surface area contributed by atoms with Crippen molar-refractivity contribution in [3.8, 4) is 0 Å². The molecular formula is C9H19N3O2. The Bertz CT molecular complexity index is 221. The number of nitrogens with one attached hydrogen (secondary N) is 2. The van der Waals surface area contributed by atoms with Gasteiger partial charge in [0, 0.05) is 6.42 Å². The van der Waals surface area contributed by atoms with Crippen LogP contribution < -0.4 is 16.6 Å². The molecule has 0 aliphatic rings. The molecule has 5 heteroatoms. The third-order valence-electron chi connectivity index (χ3n) is 2.30. The molecule has 4 N–H and O–H groups in total. The maximum absolute atomic E-state index is 11.2. The number of carbonyl (C=O) groups is 2. The summed E-state index contributed by atoms with van der Waals surface area (Å²) < 4.78 is 0. The third-order valence-corrected chi connectivity index (χ3v) is 2.30. The number of amides is 3. The molecule has 0 bridgehead atoms. The van der Waals surface area contributed by atoms with Gasteiger partial charge in [-0.25, -0.2) is 10.2 Å². The number of nitrogens with two attached hydrogens (primary N) is 1. The second-order valence-electron chi connectivity index (χ2n) is 4.51. The van der Waals surface area contributed by atoms with E-state index < -0.39 is 6.03 Å². The predicted molar refractivity (Wildman–Crippen MR) is 54.1 cm³/mol. The lowest BCUT2D eigenvalue weighted by Gasteiger charge is -2.26.